The van der Waals surface area contributed by atoms with Crippen LogP contribution in [0.15, 0.2) is 36.4 Å². The number of allylic oxidation sites excluding steroid dienone is 1. The molecule has 0 N–H and O–H groups in total. The summed E-state index contributed by atoms with van der Waals surface area (Å²) < 4.78 is 5.70. The van der Waals surface area contributed by atoms with Crippen molar-refractivity contribution in [3.8, 4) is 16.3 Å². The molecule has 0 bridgehead atoms. The molecule has 1 heterocycles. The molecule has 0 fully saturated rings. The van der Waals surface area contributed by atoms with E-state index in [1.165, 1.54) is 0 Å². The fourth-order valence-corrected chi connectivity index (χ4v) is 2.85. The number of ether oxygens (including phenoxy) is 1. The van der Waals surface area contributed by atoms with E-state index in [4.69, 9.17) is 4.74 Å². The fraction of sp³-hybridized carbons (Fsp3) is 0.412. The van der Waals surface area contributed by atoms with E-state index in [1.807, 2.05) is 24.3 Å². The Morgan fingerprint density at radius 2 is 1.90 bits per heavy atom. The van der Waals surface area contributed by atoms with E-state index in [-0.39, 0.29) is 0 Å². The van der Waals surface area contributed by atoms with Gasteiger partial charge in [0.1, 0.15) is 15.8 Å². The molecule has 112 valence electrons. The van der Waals surface area contributed by atoms with Crippen molar-refractivity contribution >= 4 is 11.3 Å². The average Bonchev–Trinajstić information content (AvgIpc) is 2.97. The second-order valence-electron chi connectivity index (χ2n) is 4.79. The molecule has 2 rings (SSSR count). The summed E-state index contributed by atoms with van der Waals surface area (Å²) >= 11 is 1.67. The molecular formula is C17H22N2OS. The van der Waals surface area contributed by atoms with Crippen LogP contribution in [0.5, 0.6) is 5.75 Å². The fourth-order valence-electron chi connectivity index (χ4n) is 1.91. The molecule has 0 spiro atoms. The van der Waals surface area contributed by atoms with Gasteiger partial charge in [-0.1, -0.05) is 37.3 Å². The first-order valence-electron chi connectivity index (χ1n) is 7.54. The first kappa shape index (κ1) is 15.7. The molecule has 1 aromatic heterocycles. The van der Waals surface area contributed by atoms with Gasteiger partial charge >= 0.3 is 0 Å². The Bertz CT molecular complexity index is 560. The minimum absolute atomic E-state index is 0.718. The van der Waals surface area contributed by atoms with Crippen LogP contribution in [0.1, 0.15) is 38.1 Å². The monoisotopic (exact) mass is 302 g/mol. The van der Waals surface area contributed by atoms with E-state index >= 15 is 0 Å². The summed E-state index contributed by atoms with van der Waals surface area (Å²) in [5.74, 6) is 0.905. The highest BCUT2D eigenvalue weighted by atomic mass is 32.1. The molecular weight excluding hydrogens is 280 g/mol. The highest BCUT2D eigenvalue weighted by Crippen LogP contribution is 2.26. The van der Waals surface area contributed by atoms with Crippen LogP contribution in [0.3, 0.4) is 0 Å². The maximum Gasteiger partial charge on any atom is 0.147 e. The van der Waals surface area contributed by atoms with Gasteiger partial charge < -0.3 is 4.74 Å². The summed E-state index contributed by atoms with van der Waals surface area (Å²) in [4.78, 5) is 0. The van der Waals surface area contributed by atoms with Gasteiger partial charge in [0.05, 0.1) is 6.61 Å². The van der Waals surface area contributed by atoms with Gasteiger partial charge in [0.2, 0.25) is 0 Å². The molecule has 0 saturated heterocycles. The predicted octanol–water partition coefficient (Wildman–Crippen LogP) is 4.89. The molecule has 0 aliphatic heterocycles. The second kappa shape index (κ2) is 8.57. The van der Waals surface area contributed by atoms with Crippen molar-refractivity contribution in [3.63, 3.8) is 0 Å². The van der Waals surface area contributed by atoms with Crippen LogP contribution in [0.2, 0.25) is 0 Å². The van der Waals surface area contributed by atoms with Gasteiger partial charge in [0.15, 0.2) is 0 Å². The molecule has 0 radical (unpaired) electrons. The van der Waals surface area contributed by atoms with Crippen LogP contribution in [0.4, 0.5) is 0 Å². The summed E-state index contributed by atoms with van der Waals surface area (Å²) in [6.07, 6.45) is 8.46. The van der Waals surface area contributed by atoms with Crippen LogP contribution in [-0.4, -0.2) is 16.8 Å². The van der Waals surface area contributed by atoms with Crippen LogP contribution < -0.4 is 4.74 Å². The number of hydrogen-bond donors (Lipinski definition) is 0. The summed E-state index contributed by atoms with van der Waals surface area (Å²) in [7, 11) is 0. The SMILES string of the molecule is CC/C=C\CCOc1ccc(-c2nnc(CCC)s2)cc1. The number of benzene rings is 1. The quantitative estimate of drug-likeness (QED) is 0.514. The summed E-state index contributed by atoms with van der Waals surface area (Å²) in [6.45, 7) is 5.01. The van der Waals surface area contributed by atoms with Crippen molar-refractivity contribution < 1.29 is 4.74 Å². The molecule has 21 heavy (non-hydrogen) atoms. The highest BCUT2D eigenvalue weighted by Gasteiger charge is 2.06. The maximum atomic E-state index is 5.70. The zero-order chi connectivity index (χ0) is 14.9. The highest BCUT2D eigenvalue weighted by molar-refractivity contribution is 7.14. The molecule has 0 aliphatic carbocycles. The van der Waals surface area contributed by atoms with Crippen LogP contribution in [-0.2, 0) is 6.42 Å². The Morgan fingerprint density at radius 1 is 1.10 bits per heavy atom. The van der Waals surface area contributed by atoms with E-state index in [2.05, 4.69) is 36.2 Å². The van der Waals surface area contributed by atoms with Crippen molar-refractivity contribution in [2.45, 2.75) is 39.5 Å². The van der Waals surface area contributed by atoms with Gasteiger partial charge in [0.25, 0.3) is 0 Å². The molecule has 0 unspecified atom stereocenters. The van der Waals surface area contributed by atoms with Gasteiger partial charge in [-0.25, -0.2) is 0 Å². The molecule has 0 amide bonds. The Hall–Kier alpha value is -1.68. The van der Waals surface area contributed by atoms with E-state index < -0.39 is 0 Å². The topological polar surface area (TPSA) is 35.0 Å². The molecule has 1 aromatic carbocycles. The molecule has 4 heteroatoms. The Balaban J connectivity index is 1.90. The minimum Gasteiger partial charge on any atom is -0.493 e. The number of rotatable bonds is 8. The lowest BCUT2D eigenvalue weighted by Gasteiger charge is -2.04. The zero-order valence-electron chi connectivity index (χ0n) is 12.7. The Kier molecular flexibility index (Phi) is 6.41. The zero-order valence-corrected chi connectivity index (χ0v) is 13.5. The van der Waals surface area contributed by atoms with Gasteiger partial charge in [-0.2, -0.15) is 0 Å². The summed E-state index contributed by atoms with van der Waals surface area (Å²) in [5.41, 5.74) is 1.10. The normalized spacial score (nSPS) is 11.1. The minimum atomic E-state index is 0.718. The first-order valence-corrected chi connectivity index (χ1v) is 8.35. The lowest BCUT2D eigenvalue weighted by atomic mass is 10.2. The smallest absolute Gasteiger partial charge is 0.147 e. The van der Waals surface area contributed by atoms with Crippen LogP contribution >= 0.6 is 11.3 Å². The standard InChI is InChI=1S/C17H22N2OS/c1-3-5-6-7-13-20-15-11-9-14(10-12-15)17-19-18-16(21-17)8-4-2/h5-6,9-12H,3-4,7-8,13H2,1-2H3/b6-5-. The summed E-state index contributed by atoms with van der Waals surface area (Å²) in [6, 6.07) is 8.10. The van der Waals surface area contributed by atoms with Crippen molar-refractivity contribution in [2.75, 3.05) is 6.61 Å². The predicted molar refractivity (Wildman–Crippen MR) is 88.9 cm³/mol. The molecule has 3 nitrogen and oxygen atoms in total. The molecule has 0 aliphatic rings. The Labute approximate surface area is 130 Å². The average molecular weight is 302 g/mol. The molecule has 0 atom stereocenters. The third-order valence-electron chi connectivity index (χ3n) is 2.99. The van der Waals surface area contributed by atoms with E-state index in [0.29, 0.717) is 0 Å². The first-order chi connectivity index (χ1) is 10.3. The van der Waals surface area contributed by atoms with Crippen molar-refractivity contribution in [1.29, 1.82) is 0 Å². The third-order valence-corrected chi connectivity index (χ3v) is 4.02. The lowest BCUT2D eigenvalue weighted by Crippen LogP contribution is -1.95. The van der Waals surface area contributed by atoms with Gasteiger partial charge in [-0.3, -0.25) is 0 Å². The van der Waals surface area contributed by atoms with Crippen molar-refractivity contribution in [1.82, 2.24) is 10.2 Å². The number of aryl methyl sites for hydroxylation is 1. The van der Waals surface area contributed by atoms with Gasteiger partial charge in [0, 0.05) is 12.0 Å². The van der Waals surface area contributed by atoms with E-state index in [9.17, 15) is 0 Å². The van der Waals surface area contributed by atoms with Crippen LogP contribution in [0, 0.1) is 0 Å². The largest absolute Gasteiger partial charge is 0.493 e. The van der Waals surface area contributed by atoms with Crippen molar-refractivity contribution in [3.05, 3.63) is 41.4 Å². The summed E-state index contributed by atoms with van der Waals surface area (Å²) in [5, 5.41) is 10.6. The second-order valence-corrected chi connectivity index (χ2v) is 5.85. The van der Waals surface area contributed by atoms with Crippen molar-refractivity contribution in [2.24, 2.45) is 0 Å². The number of hydrogen-bond acceptors (Lipinski definition) is 4. The van der Waals surface area contributed by atoms with E-state index in [0.717, 1.165) is 53.6 Å². The molecule has 0 saturated carbocycles. The Morgan fingerprint density at radius 3 is 2.62 bits per heavy atom. The third kappa shape index (κ3) is 4.97. The number of aromatic nitrogens is 2. The molecule has 2 aromatic rings. The van der Waals surface area contributed by atoms with E-state index in [1.54, 1.807) is 11.3 Å². The van der Waals surface area contributed by atoms with Crippen LogP contribution in [0.25, 0.3) is 10.6 Å². The lowest BCUT2D eigenvalue weighted by molar-refractivity contribution is 0.325. The maximum absolute atomic E-state index is 5.70. The van der Waals surface area contributed by atoms with Gasteiger partial charge in [-0.05, 0) is 43.5 Å². The number of nitrogens with zero attached hydrogens (tertiary/aromatic N) is 2. The van der Waals surface area contributed by atoms with Gasteiger partial charge in [-0.15, -0.1) is 10.2 Å².